The summed E-state index contributed by atoms with van der Waals surface area (Å²) in [5.74, 6) is 0.205. The Hall–Kier alpha value is -2.63. The maximum absolute atomic E-state index is 13.3. The molecule has 0 radical (unpaired) electrons. The van der Waals surface area contributed by atoms with Gasteiger partial charge in [0.05, 0.1) is 19.0 Å². The highest BCUT2D eigenvalue weighted by Gasteiger charge is 2.05. The fourth-order valence-corrected chi connectivity index (χ4v) is 1.79. The average molecular weight is 289 g/mol. The second-order valence-electron chi connectivity index (χ2n) is 4.34. The SMILES string of the molecule is COc1cccc(CCNC(=O)Nc2ccncc2F)c1. The number of carbonyl (C=O) groups is 1. The normalized spacial score (nSPS) is 10.0. The van der Waals surface area contributed by atoms with Gasteiger partial charge in [0.15, 0.2) is 5.82 Å². The minimum atomic E-state index is -0.569. The number of nitrogens with zero attached hydrogens (tertiary/aromatic N) is 1. The van der Waals surface area contributed by atoms with E-state index in [4.69, 9.17) is 4.74 Å². The van der Waals surface area contributed by atoms with E-state index in [-0.39, 0.29) is 5.69 Å². The van der Waals surface area contributed by atoms with E-state index in [1.54, 1.807) is 7.11 Å². The number of aromatic nitrogens is 1. The Kier molecular flexibility index (Phi) is 5.09. The molecule has 0 bridgehead atoms. The highest BCUT2D eigenvalue weighted by atomic mass is 19.1. The Morgan fingerprint density at radius 1 is 1.38 bits per heavy atom. The van der Waals surface area contributed by atoms with Gasteiger partial charge in [0, 0.05) is 12.7 Å². The molecule has 0 aliphatic heterocycles. The lowest BCUT2D eigenvalue weighted by molar-refractivity contribution is 0.252. The van der Waals surface area contributed by atoms with Crippen LogP contribution >= 0.6 is 0 Å². The summed E-state index contributed by atoms with van der Waals surface area (Å²) in [4.78, 5) is 15.3. The molecule has 5 nitrogen and oxygen atoms in total. The molecule has 0 saturated carbocycles. The molecule has 2 rings (SSSR count). The summed E-state index contributed by atoms with van der Waals surface area (Å²) in [6.45, 7) is 0.436. The van der Waals surface area contributed by atoms with Crippen molar-refractivity contribution >= 4 is 11.7 Å². The Morgan fingerprint density at radius 2 is 2.24 bits per heavy atom. The third-order valence-electron chi connectivity index (χ3n) is 2.85. The lowest BCUT2D eigenvalue weighted by atomic mass is 10.1. The smallest absolute Gasteiger partial charge is 0.319 e. The molecular weight excluding hydrogens is 273 g/mol. The Morgan fingerprint density at radius 3 is 3.00 bits per heavy atom. The summed E-state index contributed by atoms with van der Waals surface area (Å²) >= 11 is 0. The summed E-state index contributed by atoms with van der Waals surface area (Å²) < 4.78 is 18.4. The van der Waals surface area contributed by atoms with E-state index in [1.165, 1.54) is 12.3 Å². The second kappa shape index (κ2) is 7.23. The maximum atomic E-state index is 13.3. The number of carbonyl (C=O) groups excluding carboxylic acids is 1. The monoisotopic (exact) mass is 289 g/mol. The quantitative estimate of drug-likeness (QED) is 0.889. The van der Waals surface area contributed by atoms with E-state index >= 15 is 0 Å². The summed E-state index contributed by atoms with van der Waals surface area (Å²) in [5, 5.41) is 5.10. The van der Waals surface area contributed by atoms with Crippen LogP contribution < -0.4 is 15.4 Å². The number of amides is 2. The third kappa shape index (κ3) is 4.45. The minimum absolute atomic E-state index is 0.101. The summed E-state index contributed by atoms with van der Waals surface area (Å²) in [7, 11) is 1.61. The highest BCUT2D eigenvalue weighted by Crippen LogP contribution is 2.13. The van der Waals surface area contributed by atoms with Crippen LogP contribution in [-0.2, 0) is 6.42 Å². The van der Waals surface area contributed by atoms with Crippen LogP contribution in [0.3, 0.4) is 0 Å². The average Bonchev–Trinajstić information content (AvgIpc) is 2.50. The van der Waals surface area contributed by atoms with Gasteiger partial charge in [-0.2, -0.15) is 0 Å². The van der Waals surface area contributed by atoms with Gasteiger partial charge in [-0.1, -0.05) is 12.1 Å². The van der Waals surface area contributed by atoms with Gasteiger partial charge < -0.3 is 15.4 Å². The number of urea groups is 1. The molecule has 2 aromatic rings. The number of rotatable bonds is 5. The first-order valence-electron chi connectivity index (χ1n) is 6.46. The fraction of sp³-hybridized carbons (Fsp3) is 0.200. The molecule has 2 amide bonds. The number of halogens is 1. The van der Waals surface area contributed by atoms with Gasteiger partial charge in [-0.05, 0) is 30.2 Å². The van der Waals surface area contributed by atoms with Crippen molar-refractivity contribution in [2.24, 2.45) is 0 Å². The molecule has 1 aromatic heterocycles. The van der Waals surface area contributed by atoms with Gasteiger partial charge in [-0.25, -0.2) is 9.18 Å². The van der Waals surface area contributed by atoms with Crippen LogP contribution in [0.5, 0.6) is 5.75 Å². The molecule has 0 saturated heterocycles. The van der Waals surface area contributed by atoms with Crippen molar-refractivity contribution in [3.05, 3.63) is 54.1 Å². The van der Waals surface area contributed by atoms with Crippen LogP contribution in [0.1, 0.15) is 5.56 Å². The van der Waals surface area contributed by atoms with E-state index in [9.17, 15) is 9.18 Å². The highest BCUT2D eigenvalue weighted by molar-refractivity contribution is 5.89. The van der Waals surface area contributed by atoms with Crippen molar-refractivity contribution in [3.63, 3.8) is 0 Å². The molecule has 0 spiro atoms. The van der Waals surface area contributed by atoms with Gasteiger partial charge in [0.1, 0.15) is 5.75 Å². The zero-order valence-electron chi connectivity index (χ0n) is 11.6. The summed E-state index contributed by atoms with van der Waals surface area (Å²) in [5.41, 5.74) is 1.15. The predicted octanol–water partition coefficient (Wildman–Crippen LogP) is 2.59. The molecule has 110 valence electrons. The van der Waals surface area contributed by atoms with E-state index in [0.29, 0.717) is 13.0 Å². The van der Waals surface area contributed by atoms with Crippen molar-refractivity contribution in [2.45, 2.75) is 6.42 Å². The van der Waals surface area contributed by atoms with Crippen LogP contribution in [0.4, 0.5) is 14.9 Å². The molecule has 0 unspecified atom stereocenters. The first-order chi connectivity index (χ1) is 10.2. The lowest BCUT2D eigenvalue weighted by Crippen LogP contribution is -2.30. The molecule has 0 aliphatic carbocycles. The maximum Gasteiger partial charge on any atom is 0.319 e. The van der Waals surface area contributed by atoms with Crippen LogP contribution in [-0.4, -0.2) is 24.7 Å². The minimum Gasteiger partial charge on any atom is -0.497 e. The molecule has 0 fully saturated rings. The topological polar surface area (TPSA) is 63.2 Å². The number of benzene rings is 1. The van der Waals surface area contributed by atoms with E-state index < -0.39 is 11.8 Å². The Balaban J connectivity index is 1.80. The number of pyridine rings is 1. The van der Waals surface area contributed by atoms with Gasteiger partial charge in [0.2, 0.25) is 0 Å². The number of anilines is 1. The van der Waals surface area contributed by atoms with Crippen molar-refractivity contribution < 1.29 is 13.9 Å². The molecule has 6 heteroatoms. The van der Waals surface area contributed by atoms with Crippen LogP contribution in [0.15, 0.2) is 42.7 Å². The van der Waals surface area contributed by atoms with E-state index in [0.717, 1.165) is 17.5 Å². The van der Waals surface area contributed by atoms with E-state index in [2.05, 4.69) is 15.6 Å². The summed E-state index contributed by atoms with van der Waals surface area (Å²) in [6.07, 6.45) is 3.12. The molecule has 0 atom stereocenters. The molecule has 2 N–H and O–H groups in total. The van der Waals surface area contributed by atoms with Gasteiger partial charge in [-0.15, -0.1) is 0 Å². The summed E-state index contributed by atoms with van der Waals surface area (Å²) in [6, 6.07) is 8.54. The predicted molar refractivity (Wildman–Crippen MR) is 77.9 cm³/mol. The number of hydrogen-bond acceptors (Lipinski definition) is 3. The first kappa shape index (κ1) is 14.8. The Labute approximate surface area is 122 Å². The van der Waals surface area contributed by atoms with Crippen LogP contribution in [0.2, 0.25) is 0 Å². The largest absolute Gasteiger partial charge is 0.497 e. The zero-order valence-corrected chi connectivity index (χ0v) is 11.6. The number of ether oxygens (including phenoxy) is 1. The lowest BCUT2D eigenvalue weighted by Gasteiger charge is -2.08. The number of hydrogen-bond donors (Lipinski definition) is 2. The van der Waals surface area contributed by atoms with Crippen molar-refractivity contribution in [2.75, 3.05) is 19.0 Å². The Bertz CT molecular complexity index is 619. The fourth-order valence-electron chi connectivity index (χ4n) is 1.79. The molecule has 21 heavy (non-hydrogen) atoms. The van der Waals surface area contributed by atoms with Crippen molar-refractivity contribution in [1.29, 1.82) is 0 Å². The van der Waals surface area contributed by atoms with Crippen molar-refractivity contribution in [3.8, 4) is 5.75 Å². The molecule has 1 heterocycles. The van der Waals surface area contributed by atoms with Gasteiger partial charge >= 0.3 is 6.03 Å². The molecule has 1 aromatic carbocycles. The van der Waals surface area contributed by atoms with E-state index in [1.807, 2.05) is 24.3 Å². The van der Waals surface area contributed by atoms with Gasteiger partial charge in [0.25, 0.3) is 0 Å². The van der Waals surface area contributed by atoms with Crippen LogP contribution in [0, 0.1) is 5.82 Å². The second-order valence-corrected chi connectivity index (χ2v) is 4.34. The first-order valence-corrected chi connectivity index (χ1v) is 6.46. The number of nitrogens with one attached hydrogen (secondary N) is 2. The van der Waals surface area contributed by atoms with Gasteiger partial charge in [-0.3, -0.25) is 4.98 Å². The zero-order chi connectivity index (χ0) is 15.1. The van der Waals surface area contributed by atoms with Crippen molar-refractivity contribution in [1.82, 2.24) is 10.3 Å². The molecule has 0 aliphatic rings. The third-order valence-corrected chi connectivity index (χ3v) is 2.85. The van der Waals surface area contributed by atoms with Crippen LogP contribution in [0.25, 0.3) is 0 Å². The number of methoxy groups -OCH3 is 1. The molecular formula is C15H16FN3O2. The standard InChI is InChI=1S/C15H16FN3O2/c1-21-12-4-2-3-11(9-12)5-8-18-15(20)19-14-6-7-17-10-13(14)16/h2-4,6-7,9-10H,5,8H2,1H3,(H2,17,18,19,20).